The molecule has 1 aromatic rings. The first-order chi connectivity index (χ1) is 6.34. The quantitative estimate of drug-likeness (QED) is 0.768. The second-order valence-electron chi connectivity index (χ2n) is 3.75. The normalized spacial score (nSPS) is 27.2. The lowest BCUT2D eigenvalue weighted by molar-refractivity contribution is 0.0430. The minimum Gasteiger partial charge on any atom is -0.393 e. The maximum atomic E-state index is 9.08. The minimum atomic E-state index is -0.0204. The minimum absolute atomic E-state index is 0.0204. The number of thiophene rings is 1. The molecule has 0 unspecified atom stereocenters. The molecule has 1 aliphatic carbocycles. The molecular formula is C10H15NOS. The van der Waals surface area contributed by atoms with Crippen LogP contribution in [0.25, 0.3) is 0 Å². The molecule has 1 heterocycles. The molecule has 0 aliphatic heterocycles. The second-order valence-corrected chi connectivity index (χ2v) is 4.53. The predicted octanol–water partition coefficient (Wildman–Crippen LogP) is 1.61. The standard InChI is InChI=1S/C10H15NOS/c12-10-3-9(4-10)6-11-5-8-1-2-13-7-8/h1-2,7,9-12H,3-6H2. The van der Waals surface area contributed by atoms with Crippen LogP contribution in [-0.4, -0.2) is 17.8 Å². The highest BCUT2D eigenvalue weighted by Crippen LogP contribution is 2.26. The van der Waals surface area contributed by atoms with Crippen LogP contribution in [0.1, 0.15) is 18.4 Å². The van der Waals surface area contributed by atoms with E-state index in [0.29, 0.717) is 5.92 Å². The van der Waals surface area contributed by atoms with Crippen LogP contribution < -0.4 is 5.32 Å². The molecule has 3 heteroatoms. The van der Waals surface area contributed by atoms with Crippen LogP contribution in [0.4, 0.5) is 0 Å². The summed E-state index contributed by atoms with van der Waals surface area (Å²) >= 11 is 1.74. The van der Waals surface area contributed by atoms with Crippen molar-refractivity contribution in [3.05, 3.63) is 22.4 Å². The van der Waals surface area contributed by atoms with Gasteiger partial charge in [-0.1, -0.05) is 0 Å². The van der Waals surface area contributed by atoms with Crippen molar-refractivity contribution in [3.8, 4) is 0 Å². The van der Waals surface area contributed by atoms with E-state index in [0.717, 1.165) is 25.9 Å². The van der Waals surface area contributed by atoms with E-state index >= 15 is 0 Å². The van der Waals surface area contributed by atoms with Gasteiger partial charge in [0.2, 0.25) is 0 Å². The number of hydrogen-bond acceptors (Lipinski definition) is 3. The van der Waals surface area contributed by atoms with Crippen molar-refractivity contribution in [1.29, 1.82) is 0 Å². The molecule has 0 spiro atoms. The van der Waals surface area contributed by atoms with Crippen LogP contribution in [0.3, 0.4) is 0 Å². The average molecular weight is 197 g/mol. The van der Waals surface area contributed by atoms with Gasteiger partial charge >= 0.3 is 0 Å². The van der Waals surface area contributed by atoms with E-state index in [1.54, 1.807) is 11.3 Å². The first-order valence-corrected chi connectivity index (χ1v) is 5.68. The van der Waals surface area contributed by atoms with E-state index in [9.17, 15) is 0 Å². The van der Waals surface area contributed by atoms with Crippen LogP contribution in [0, 0.1) is 5.92 Å². The summed E-state index contributed by atoms with van der Waals surface area (Å²) in [5.74, 6) is 0.702. The van der Waals surface area contributed by atoms with Gasteiger partial charge < -0.3 is 10.4 Å². The average Bonchev–Trinajstić information content (AvgIpc) is 2.53. The molecule has 2 nitrogen and oxygen atoms in total. The van der Waals surface area contributed by atoms with E-state index < -0.39 is 0 Å². The largest absolute Gasteiger partial charge is 0.393 e. The highest BCUT2D eigenvalue weighted by molar-refractivity contribution is 7.07. The fourth-order valence-electron chi connectivity index (χ4n) is 1.68. The van der Waals surface area contributed by atoms with Crippen molar-refractivity contribution in [1.82, 2.24) is 5.32 Å². The summed E-state index contributed by atoms with van der Waals surface area (Å²) in [6.45, 7) is 2.02. The zero-order valence-electron chi connectivity index (χ0n) is 7.57. The van der Waals surface area contributed by atoms with E-state index in [-0.39, 0.29) is 6.10 Å². The molecule has 0 radical (unpaired) electrons. The first kappa shape index (κ1) is 9.19. The molecule has 1 saturated carbocycles. The first-order valence-electron chi connectivity index (χ1n) is 4.74. The Hall–Kier alpha value is -0.380. The zero-order valence-corrected chi connectivity index (χ0v) is 8.39. The predicted molar refractivity (Wildman–Crippen MR) is 54.8 cm³/mol. The van der Waals surface area contributed by atoms with Crippen LogP contribution in [0.5, 0.6) is 0 Å². The molecule has 0 aromatic carbocycles. The van der Waals surface area contributed by atoms with Gasteiger partial charge in [-0.25, -0.2) is 0 Å². The van der Waals surface area contributed by atoms with E-state index in [4.69, 9.17) is 5.11 Å². The molecule has 72 valence electrons. The number of rotatable bonds is 4. The van der Waals surface area contributed by atoms with Crippen LogP contribution in [0.2, 0.25) is 0 Å². The summed E-state index contributed by atoms with van der Waals surface area (Å²) < 4.78 is 0. The summed E-state index contributed by atoms with van der Waals surface area (Å²) in [5, 5.41) is 16.8. The van der Waals surface area contributed by atoms with Gasteiger partial charge in [-0.05, 0) is 47.7 Å². The molecule has 0 amide bonds. The van der Waals surface area contributed by atoms with Crippen molar-refractivity contribution in [3.63, 3.8) is 0 Å². The Balaban J connectivity index is 1.59. The molecule has 0 saturated heterocycles. The van der Waals surface area contributed by atoms with Gasteiger partial charge in [-0.15, -0.1) is 0 Å². The Bertz CT molecular complexity index is 241. The number of hydrogen-bond donors (Lipinski definition) is 2. The summed E-state index contributed by atoms with van der Waals surface area (Å²) in [6, 6.07) is 2.15. The number of aliphatic hydroxyl groups excluding tert-OH is 1. The Morgan fingerprint density at radius 2 is 2.38 bits per heavy atom. The van der Waals surface area contributed by atoms with Gasteiger partial charge in [-0.3, -0.25) is 0 Å². The smallest absolute Gasteiger partial charge is 0.0546 e. The molecular weight excluding hydrogens is 182 g/mol. The summed E-state index contributed by atoms with van der Waals surface area (Å²) in [4.78, 5) is 0. The summed E-state index contributed by atoms with van der Waals surface area (Å²) in [5.41, 5.74) is 1.37. The Kier molecular flexibility index (Phi) is 2.98. The van der Waals surface area contributed by atoms with Crippen molar-refractivity contribution < 1.29 is 5.11 Å². The number of nitrogens with one attached hydrogen (secondary N) is 1. The van der Waals surface area contributed by atoms with E-state index in [1.807, 2.05) is 0 Å². The zero-order chi connectivity index (χ0) is 9.10. The van der Waals surface area contributed by atoms with Gasteiger partial charge in [0.15, 0.2) is 0 Å². The molecule has 0 atom stereocenters. The van der Waals surface area contributed by atoms with Gasteiger partial charge in [0, 0.05) is 6.54 Å². The molecule has 1 aliphatic rings. The lowest BCUT2D eigenvalue weighted by Crippen LogP contribution is -2.35. The highest BCUT2D eigenvalue weighted by Gasteiger charge is 2.26. The van der Waals surface area contributed by atoms with Crippen molar-refractivity contribution in [2.75, 3.05) is 6.54 Å². The summed E-state index contributed by atoms with van der Waals surface area (Å²) in [7, 11) is 0. The van der Waals surface area contributed by atoms with Crippen molar-refractivity contribution >= 4 is 11.3 Å². The fraction of sp³-hybridized carbons (Fsp3) is 0.600. The van der Waals surface area contributed by atoms with E-state index in [2.05, 4.69) is 22.1 Å². The molecule has 2 N–H and O–H groups in total. The molecule has 1 aromatic heterocycles. The Morgan fingerprint density at radius 1 is 1.54 bits per heavy atom. The van der Waals surface area contributed by atoms with Gasteiger partial charge in [0.25, 0.3) is 0 Å². The fourth-order valence-corrected chi connectivity index (χ4v) is 2.35. The molecule has 0 bridgehead atoms. The lowest BCUT2D eigenvalue weighted by Gasteiger charge is -2.31. The third-order valence-corrected chi connectivity index (χ3v) is 3.29. The lowest BCUT2D eigenvalue weighted by atomic mass is 9.82. The maximum absolute atomic E-state index is 9.08. The monoisotopic (exact) mass is 197 g/mol. The third kappa shape index (κ3) is 2.53. The Labute approximate surface area is 82.6 Å². The summed E-state index contributed by atoms with van der Waals surface area (Å²) in [6.07, 6.45) is 1.95. The molecule has 2 rings (SSSR count). The van der Waals surface area contributed by atoms with Crippen LogP contribution >= 0.6 is 11.3 Å². The molecule has 13 heavy (non-hydrogen) atoms. The second kappa shape index (κ2) is 4.22. The SMILES string of the molecule is OC1CC(CNCc2ccsc2)C1. The van der Waals surface area contributed by atoms with Crippen LogP contribution in [0.15, 0.2) is 16.8 Å². The number of aliphatic hydroxyl groups is 1. The Morgan fingerprint density at radius 3 is 3.00 bits per heavy atom. The van der Waals surface area contributed by atoms with Gasteiger partial charge in [-0.2, -0.15) is 11.3 Å². The van der Waals surface area contributed by atoms with E-state index in [1.165, 1.54) is 5.56 Å². The molecule has 1 fully saturated rings. The van der Waals surface area contributed by atoms with Crippen molar-refractivity contribution in [2.45, 2.75) is 25.5 Å². The topological polar surface area (TPSA) is 32.3 Å². The van der Waals surface area contributed by atoms with Crippen molar-refractivity contribution in [2.24, 2.45) is 5.92 Å². The third-order valence-electron chi connectivity index (χ3n) is 2.55. The van der Waals surface area contributed by atoms with Gasteiger partial charge in [0.05, 0.1) is 6.10 Å². The van der Waals surface area contributed by atoms with Gasteiger partial charge in [0.1, 0.15) is 0 Å². The van der Waals surface area contributed by atoms with Crippen LogP contribution in [-0.2, 0) is 6.54 Å². The maximum Gasteiger partial charge on any atom is 0.0546 e. The highest BCUT2D eigenvalue weighted by atomic mass is 32.1.